The second-order valence-corrected chi connectivity index (χ2v) is 5.91. The van der Waals surface area contributed by atoms with Crippen LogP contribution in [-0.4, -0.2) is 22.2 Å². The molecule has 1 aliphatic heterocycles. The predicted octanol–water partition coefficient (Wildman–Crippen LogP) is 3.77. The summed E-state index contributed by atoms with van der Waals surface area (Å²) < 4.78 is 0. The van der Waals surface area contributed by atoms with Gasteiger partial charge in [0.15, 0.2) is 5.17 Å². The van der Waals surface area contributed by atoms with Gasteiger partial charge in [0.05, 0.1) is 6.54 Å². The van der Waals surface area contributed by atoms with Crippen LogP contribution in [0, 0.1) is 0 Å². The number of fused-ring (bicyclic) bond motifs is 1. The summed E-state index contributed by atoms with van der Waals surface area (Å²) in [6.07, 6.45) is 0. The van der Waals surface area contributed by atoms with Crippen molar-refractivity contribution in [3.05, 3.63) is 29.8 Å². The van der Waals surface area contributed by atoms with Crippen molar-refractivity contribution in [3.8, 4) is 0 Å². The summed E-state index contributed by atoms with van der Waals surface area (Å²) in [5.41, 5.74) is 1.34. The lowest BCUT2D eigenvalue weighted by atomic mass is 10.2. The maximum atomic E-state index is 4.72. The summed E-state index contributed by atoms with van der Waals surface area (Å²) in [6.45, 7) is 9.72. The van der Waals surface area contributed by atoms with E-state index >= 15 is 0 Å². The third kappa shape index (κ3) is 2.65. The maximum absolute atomic E-state index is 4.72. The Morgan fingerprint density at radius 2 is 1.76 bits per heavy atom. The van der Waals surface area contributed by atoms with E-state index in [2.05, 4.69) is 56.9 Å². The first kappa shape index (κ1) is 12.5. The van der Waals surface area contributed by atoms with Crippen LogP contribution in [0.3, 0.4) is 0 Å². The molecule has 0 spiro atoms. The van der Waals surface area contributed by atoms with Crippen molar-refractivity contribution < 1.29 is 0 Å². The molecule has 3 heteroatoms. The molecular formula is C14H20N2S. The zero-order valence-corrected chi connectivity index (χ0v) is 11.8. The molecule has 2 rings (SSSR count). The lowest BCUT2D eigenvalue weighted by Gasteiger charge is -2.34. The molecule has 92 valence electrons. The average Bonchev–Trinajstić information content (AvgIpc) is 2.28. The van der Waals surface area contributed by atoms with Crippen molar-refractivity contribution in [2.45, 2.75) is 51.2 Å². The molecule has 0 atom stereocenters. The van der Waals surface area contributed by atoms with E-state index in [1.807, 2.05) is 0 Å². The summed E-state index contributed by atoms with van der Waals surface area (Å²) in [6, 6.07) is 9.52. The van der Waals surface area contributed by atoms with E-state index in [9.17, 15) is 0 Å². The molecule has 0 bridgehead atoms. The third-order valence-electron chi connectivity index (χ3n) is 2.89. The van der Waals surface area contributed by atoms with Gasteiger partial charge in [-0.05, 0) is 39.3 Å². The van der Waals surface area contributed by atoms with Gasteiger partial charge in [0.1, 0.15) is 0 Å². The molecule has 1 aliphatic rings. The molecule has 0 aromatic heterocycles. The molecule has 2 nitrogen and oxygen atoms in total. The van der Waals surface area contributed by atoms with Crippen molar-refractivity contribution >= 4 is 16.9 Å². The summed E-state index contributed by atoms with van der Waals surface area (Å²) >= 11 is 1.80. The lowest BCUT2D eigenvalue weighted by molar-refractivity contribution is 0.297. The van der Waals surface area contributed by atoms with Gasteiger partial charge < -0.3 is 4.90 Å². The summed E-state index contributed by atoms with van der Waals surface area (Å²) in [7, 11) is 0. The van der Waals surface area contributed by atoms with Gasteiger partial charge in [0.25, 0.3) is 0 Å². The monoisotopic (exact) mass is 248 g/mol. The molecule has 1 aromatic carbocycles. The summed E-state index contributed by atoms with van der Waals surface area (Å²) in [4.78, 5) is 8.46. The van der Waals surface area contributed by atoms with Gasteiger partial charge in [0.2, 0.25) is 0 Å². The van der Waals surface area contributed by atoms with Crippen molar-refractivity contribution in [1.29, 1.82) is 0 Å². The van der Waals surface area contributed by atoms with Gasteiger partial charge in [-0.3, -0.25) is 4.99 Å². The number of thioether (sulfide) groups is 1. The maximum Gasteiger partial charge on any atom is 0.164 e. The van der Waals surface area contributed by atoms with E-state index in [1.165, 1.54) is 10.5 Å². The van der Waals surface area contributed by atoms with Crippen molar-refractivity contribution in [3.63, 3.8) is 0 Å². The molecule has 0 fully saturated rings. The van der Waals surface area contributed by atoms with Crippen LogP contribution in [0.4, 0.5) is 0 Å². The second kappa shape index (κ2) is 5.13. The molecule has 0 saturated carbocycles. The zero-order chi connectivity index (χ0) is 12.4. The fourth-order valence-electron chi connectivity index (χ4n) is 2.19. The molecule has 0 saturated heterocycles. The number of amidine groups is 1. The minimum absolute atomic E-state index is 0.492. The van der Waals surface area contributed by atoms with E-state index in [-0.39, 0.29) is 0 Å². The highest BCUT2D eigenvalue weighted by Gasteiger charge is 2.22. The Labute approximate surface area is 108 Å². The van der Waals surface area contributed by atoms with Gasteiger partial charge in [-0.1, -0.05) is 30.0 Å². The van der Waals surface area contributed by atoms with Crippen LogP contribution in [0.25, 0.3) is 0 Å². The number of rotatable bonds is 2. The smallest absolute Gasteiger partial charge is 0.164 e. The molecule has 17 heavy (non-hydrogen) atoms. The Morgan fingerprint density at radius 3 is 2.41 bits per heavy atom. The molecule has 0 aliphatic carbocycles. The van der Waals surface area contributed by atoms with Crippen LogP contribution in [0.15, 0.2) is 34.2 Å². The van der Waals surface area contributed by atoms with Crippen molar-refractivity contribution in [1.82, 2.24) is 4.90 Å². The molecule has 0 amide bonds. The SMILES string of the molecule is CC(C)N(C1=NCc2ccccc2S1)C(C)C. The molecule has 0 unspecified atom stereocenters. The summed E-state index contributed by atoms with van der Waals surface area (Å²) in [5.74, 6) is 0. The number of nitrogens with zero attached hydrogens (tertiary/aromatic N) is 2. The molecular weight excluding hydrogens is 228 g/mol. The van der Waals surface area contributed by atoms with E-state index in [0.29, 0.717) is 12.1 Å². The van der Waals surface area contributed by atoms with Crippen LogP contribution >= 0.6 is 11.8 Å². The topological polar surface area (TPSA) is 15.6 Å². The Balaban J connectivity index is 2.23. The fourth-order valence-corrected chi connectivity index (χ4v) is 3.45. The third-order valence-corrected chi connectivity index (χ3v) is 4.03. The highest BCUT2D eigenvalue weighted by molar-refractivity contribution is 8.13. The summed E-state index contributed by atoms with van der Waals surface area (Å²) in [5, 5.41) is 1.16. The minimum Gasteiger partial charge on any atom is -0.346 e. The fraction of sp³-hybridized carbons (Fsp3) is 0.500. The molecule has 0 radical (unpaired) electrons. The van der Waals surface area contributed by atoms with Gasteiger partial charge >= 0.3 is 0 Å². The van der Waals surface area contributed by atoms with Crippen LogP contribution in [0.1, 0.15) is 33.3 Å². The van der Waals surface area contributed by atoms with Gasteiger partial charge in [-0.15, -0.1) is 0 Å². The average molecular weight is 248 g/mol. The van der Waals surface area contributed by atoms with E-state index < -0.39 is 0 Å². The second-order valence-electron chi connectivity index (χ2n) is 4.90. The molecule has 1 aromatic rings. The normalized spacial score (nSPS) is 14.8. The Kier molecular flexibility index (Phi) is 3.77. The number of aliphatic imine (C=N–C) groups is 1. The van der Waals surface area contributed by atoms with E-state index in [1.54, 1.807) is 11.8 Å². The highest BCUT2D eigenvalue weighted by Crippen LogP contribution is 2.31. The number of benzene rings is 1. The molecule has 0 N–H and O–H groups in total. The number of hydrogen-bond donors (Lipinski definition) is 0. The van der Waals surface area contributed by atoms with Gasteiger partial charge in [-0.25, -0.2) is 0 Å². The quantitative estimate of drug-likeness (QED) is 0.792. The number of hydrogen-bond acceptors (Lipinski definition) is 3. The first-order valence-corrected chi connectivity index (χ1v) is 6.99. The lowest BCUT2D eigenvalue weighted by Crippen LogP contribution is -2.41. The van der Waals surface area contributed by atoms with Gasteiger partial charge in [-0.2, -0.15) is 0 Å². The Hall–Kier alpha value is -0.960. The van der Waals surface area contributed by atoms with E-state index in [4.69, 9.17) is 4.99 Å². The van der Waals surface area contributed by atoms with Crippen LogP contribution in [0.2, 0.25) is 0 Å². The predicted molar refractivity (Wildman–Crippen MR) is 75.5 cm³/mol. The first-order valence-electron chi connectivity index (χ1n) is 6.18. The molecule has 1 heterocycles. The Morgan fingerprint density at radius 1 is 1.12 bits per heavy atom. The Bertz CT molecular complexity index is 416. The first-order chi connectivity index (χ1) is 8.09. The van der Waals surface area contributed by atoms with Crippen LogP contribution < -0.4 is 0 Å². The highest BCUT2D eigenvalue weighted by atomic mass is 32.2. The van der Waals surface area contributed by atoms with Crippen molar-refractivity contribution in [2.75, 3.05) is 0 Å². The van der Waals surface area contributed by atoms with Gasteiger partial charge in [0, 0.05) is 17.0 Å². The standard InChI is InChI=1S/C14H20N2S/c1-10(2)16(11(3)4)14-15-9-12-7-5-6-8-13(12)17-14/h5-8,10-11H,9H2,1-4H3. The largest absolute Gasteiger partial charge is 0.346 e. The van der Waals surface area contributed by atoms with Crippen molar-refractivity contribution in [2.24, 2.45) is 4.99 Å². The van der Waals surface area contributed by atoms with E-state index in [0.717, 1.165) is 11.7 Å². The van der Waals surface area contributed by atoms with Crippen LogP contribution in [-0.2, 0) is 6.54 Å². The minimum atomic E-state index is 0.492. The zero-order valence-electron chi connectivity index (χ0n) is 11.0. The van der Waals surface area contributed by atoms with Crippen LogP contribution in [0.5, 0.6) is 0 Å².